The Morgan fingerprint density at radius 1 is 1.24 bits per heavy atom. The van der Waals surface area contributed by atoms with Gasteiger partial charge in [0.25, 0.3) is 5.56 Å². The molecule has 1 aromatic carbocycles. The molecule has 0 saturated carbocycles. The van der Waals surface area contributed by atoms with Gasteiger partial charge in [-0.3, -0.25) is 14.7 Å². The maximum atomic E-state index is 12.9. The lowest BCUT2D eigenvalue weighted by atomic mass is 10.1. The fourth-order valence-electron chi connectivity index (χ4n) is 2.96. The van der Waals surface area contributed by atoms with Crippen LogP contribution in [0.4, 0.5) is 0 Å². The van der Waals surface area contributed by atoms with Crippen molar-refractivity contribution in [1.29, 1.82) is 0 Å². The number of rotatable bonds is 5. The van der Waals surface area contributed by atoms with E-state index in [2.05, 4.69) is 10.1 Å². The van der Waals surface area contributed by atoms with Crippen LogP contribution in [-0.4, -0.2) is 27.2 Å². The van der Waals surface area contributed by atoms with Gasteiger partial charge in [-0.15, -0.1) is 0 Å². The van der Waals surface area contributed by atoms with E-state index in [9.17, 15) is 9.59 Å². The van der Waals surface area contributed by atoms with Crippen molar-refractivity contribution < 1.29 is 9.53 Å². The molecule has 0 aliphatic carbocycles. The molecule has 1 N–H and O–H groups in total. The second-order valence-corrected chi connectivity index (χ2v) is 5.92. The second kappa shape index (κ2) is 6.93. The van der Waals surface area contributed by atoms with E-state index in [1.807, 2.05) is 37.3 Å². The quantitative estimate of drug-likeness (QED) is 0.725. The van der Waals surface area contributed by atoms with Gasteiger partial charge in [-0.05, 0) is 32.8 Å². The summed E-state index contributed by atoms with van der Waals surface area (Å²) in [5.41, 5.74) is 4.41. The summed E-state index contributed by atoms with van der Waals surface area (Å²) in [7, 11) is 0. The maximum Gasteiger partial charge on any atom is 0.306 e. The fraction of sp³-hybridized carbons (Fsp3) is 0.316. The molecule has 2 aromatic heterocycles. The van der Waals surface area contributed by atoms with Crippen molar-refractivity contribution >= 4 is 11.6 Å². The van der Waals surface area contributed by atoms with E-state index >= 15 is 0 Å². The number of hydrogen-bond donors (Lipinski definition) is 1. The van der Waals surface area contributed by atoms with E-state index in [1.54, 1.807) is 13.8 Å². The predicted molar refractivity (Wildman–Crippen MR) is 95.7 cm³/mol. The van der Waals surface area contributed by atoms with Crippen molar-refractivity contribution in [1.82, 2.24) is 14.6 Å². The van der Waals surface area contributed by atoms with E-state index < -0.39 is 0 Å². The van der Waals surface area contributed by atoms with Crippen LogP contribution < -0.4 is 5.56 Å². The summed E-state index contributed by atoms with van der Waals surface area (Å²) >= 11 is 0. The molecule has 3 rings (SSSR count). The standard InChI is InChI=1S/C19H21N3O3/c1-4-25-16(23)11-10-15-13(3)20-18-12(2)17(21-22(18)19(15)24)14-8-6-5-7-9-14/h5-9,21H,4,10-11H2,1-3H3. The average Bonchev–Trinajstić information content (AvgIpc) is 2.93. The highest BCUT2D eigenvalue weighted by molar-refractivity contribution is 5.71. The lowest BCUT2D eigenvalue weighted by molar-refractivity contribution is -0.143. The van der Waals surface area contributed by atoms with Gasteiger partial charge in [0.05, 0.1) is 12.3 Å². The number of carbonyl (C=O) groups excluding carboxylic acids is 1. The van der Waals surface area contributed by atoms with Crippen LogP contribution in [0.2, 0.25) is 0 Å². The number of aryl methyl sites for hydroxylation is 2. The van der Waals surface area contributed by atoms with E-state index in [0.717, 1.165) is 16.8 Å². The highest BCUT2D eigenvalue weighted by Crippen LogP contribution is 2.24. The van der Waals surface area contributed by atoms with Gasteiger partial charge in [0.1, 0.15) is 0 Å². The molecule has 0 aliphatic rings. The number of fused-ring (bicyclic) bond motifs is 1. The van der Waals surface area contributed by atoms with Crippen LogP contribution in [0.3, 0.4) is 0 Å². The molecular formula is C19H21N3O3. The summed E-state index contributed by atoms with van der Waals surface area (Å²) in [5, 5.41) is 3.15. The summed E-state index contributed by atoms with van der Waals surface area (Å²) in [6.07, 6.45) is 0.487. The highest BCUT2D eigenvalue weighted by atomic mass is 16.5. The van der Waals surface area contributed by atoms with Crippen LogP contribution in [-0.2, 0) is 16.0 Å². The number of hydrogen-bond acceptors (Lipinski definition) is 4. The Kier molecular flexibility index (Phi) is 4.70. The first-order valence-corrected chi connectivity index (χ1v) is 8.34. The second-order valence-electron chi connectivity index (χ2n) is 5.92. The van der Waals surface area contributed by atoms with Crippen LogP contribution in [0.5, 0.6) is 0 Å². The third-order valence-electron chi connectivity index (χ3n) is 4.26. The van der Waals surface area contributed by atoms with Gasteiger partial charge >= 0.3 is 5.97 Å². The monoisotopic (exact) mass is 339 g/mol. The molecule has 6 nitrogen and oxygen atoms in total. The van der Waals surface area contributed by atoms with Crippen molar-refractivity contribution in [2.75, 3.05) is 6.61 Å². The number of esters is 1. The maximum absolute atomic E-state index is 12.9. The first-order chi connectivity index (χ1) is 12.0. The van der Waals surface area contributed by atoms with Gasteiger partial charge in [0.15, 0.2) is 5.65 Å². The molecule has 0 bridgehead atoms. The minimum Gasteiger partial charge on any atom is -0.466 e. The zero-order valence-corrected chi connectivity index (χ0v) is 14.6. The van der Waals surface area contributed by atoms with Crippen LogP contribution in [0, 0.1) is 13.8 Å². The molecule has 0 saturated heterocycles. The van der Waals surface area contributed by atoms with Crippen molar-refractivity contribution in [3.05, 3.63) is 57.5 Å². The molecule has 0 atom stereocenters. The topological polar surface area (TPSA) is 76.5 Å². The van der Waals surface area contributed by atoms with Gasteiger partial charge in [0.2, 0.25) is 0 Å². The number of benzene rings is 1. The smallest absolute Gasteiger partial charge is 0.306 e. The average molecular weight is 339 g/mol. The molecular weight excluding hydrogens is 318 g/mol. The van der Waals surface area contributed by atoms with Crippen molar-refractivity contribution in [2.45, 2.75) is 33.6 Å². The van der Waals surface area contributed by atoms with Crippen molar-refractivity contribution in [3.63, 3.8) is 0 Å². The Balaban J connectivity index is 2.05. The summed E-state index contributed by atoms with van der Waals surface area (Å²) in [4.78, 5) is 29.0. The molecule has 6 heteroatoms. The molecule has 0 unspecified atom stereocenters. The lowest BCUT2D eigenvalue weighted by Gasteiger charge is -2.05. The van der Waals surface area contributed by atoms with E-state index in [1.165, 1.54) is 4.52 Å². The van der Waals surface area contributed by atoms with Gasteiger partial charge in [0, 0.05) is 23.2 Å². The van der Waals surface area contributed by atoms with Gasteiger partial charge in [-0.2, -0.15) is 0 Å². The Labute approximate surface area is 145 Å². The minimum absolute atomic E-state index is 0.169. The first-order valence-electron chi connectivity index (χ1n) is 8.34. The Hall–Kier alpha value is -2.89. The molecule has 3 aromatic rings. The molecule has 0 amide bonds. The highest BCUT2D eigenvalue weighted by Gasteiger charge is 2.17. The zero-order valence-electron chi connectivity index (χ0n) is 14.6. The minimum atomic E-state index is -0.306. The Bertz CT molecular complexity index is 971. The number of aromatic amines is 1. The fourth-order valence-corrected chi connectivity index (χ4v) is 2.96. The lowest BCUT2D eigenvalue weighted by Crippen LogP contribution is -2.23. The van der Waals surface area contributed by atoms with Crippen LogP contribution >= 0.6 is 0 Å². The van der Waals surface area contributed by atoms with Crippen molar-refractivity contribution in [3.8, 4) is 11.3 Å². The van der Waals surface area contributed by atoms with Crippen molar-refractivity contribution in [2.24, 2.45) is 0 Å². The number of carbonyl (C=O) groups is 1. The predicted octanol–water partition coefficient (Wildman–Crippen LogP) is 2.80. The molecule has 0 spiro atoms. The number of aromatic nitrogens is 3. The number of nitrogens with zero attached hydrogens (tertiary/aromatic N) is 2. The molecule has 0 fully saturated rings. The Morgan fingerprint density at radius 3 is 2.64 bits per heavy atom. The van der Waals surface area contributed by atoms with Crippen LogP contribution in [0.25, 0.3) is 16.9 Å². The third kappa shape index (κ3) is 3.20. The van der Waals surface area contributed by atoms with Crippen LogP contribution in [0.15, 0.2) is 35.1 Å². The third-order valence-corrected chi connectivity index (χ3v) is 4.26. The molecule has 2 heterocycles. The van der Waals surface area contributed by atoms with Crippen LogP contribution in [0.1, 0.15) is 30.2 Å². The van der Waals surface area contributed by atoms with Gasteiger partial charge in [-0.1, -0.05) is 30.3 Å². The van der Waals surface area contributed by atoms with Gasteiger partial charge < -0.3 is 4.74 Å². The molecule has 0 aliphatic heterocycles. The van der Waals surface area contributed by atoms with E-state index in [4.69, 9.17) is 4.74 Å². The number of H-pyrrole nitrogens is 1. The largest absolute Gasteiger partial charge is 0.466 e. The summed E-state index contributed by atoms with van der Waals surface area (Å²) < 4.78 is 6.40. The molecule has 25 heavy (non-hydrogen) atoms. The number of nitrogens with one attached hydrogen (secondary N) is 1. The Morgan fingerprint density at radius 2 is 1.96 bits per heavy atom. The van der Waals surface area contributed by atoms with E-state index in [-0.39, 0.29) is 17.9 Å². The summed E-state index contributed by atoms with van der Waals surface area (Å²) in [5.74, 6) is -0.306. The normalized spacial score (nSPS) is 11.0. The first kappa shape index (κ1) is 17.0. The zero-order chi connectivity index (χ0) is 18.0. The summed E-state index contributed by atoms with van der Waals surface area (Å²) in [6.45, 7) is 5.84. The van der Waals surface area contributed by atoms with Gasteiger partial charge in [-0.25, -0.2) is 9.50 Å². The van der Waals surface area contributed by atoms with E-state index in [0.29, 0.717) is 29.9 Å². The molecule has 130 valence electrons. The summed E-state index contributed by atoms with van der Waals surface area (Å²) in [6, 6.07) is 9.82. The molecule has 0 radical (unpaired) electrons. The SMILES string of the molecule is CCOC(=O)CCc1c(C)nc2c(C)c(-c3ccccc3)[nH]n2c1=O. The number of ether oxygens (including phenoxy) is 1.